The van der Waals surface area contributed by atoms with E-state index in [0.29, 0.717) is 0 Å². The fourth-order valence-corrected chi connectivity index (χ4v) is 3.90. The molecule has 0 spiro atoms. The first-order chi connectivity index (χ1) is 5.95. The Labute approximate surface area is 75.1 Å². The van der Waals surface area contributed by atoms with Crippen molar-refractivity contribution in [1.29, 1.82) is 0 Å². The van der Waals surface area contributed by atoms with Gasteiger partial charge in [0.1, 0.15) is 0 Å². The van der Waals surface area contributed by atoms with Gasteiger partial charge in [-0.25, -0.2) is 0 Å². The van der Waals surface area contributed by atoms with Gasteiger partial charge >= 0.3 is 0 Å². The fourth-order valence-electron chi connectivity index (χ4n) is 3.90. The zero-order valence-corrected chi connectivity index (χ0v) is 7.84. The average Bonchev–Trinajstić information content (AvgIpc) is 2.52. The van der Waals surface area contributed by atoms with Crippen LogP contribution < -0.4 is 0 Å². The SMILES string of the molecule is C1CC2CCC3CCCN(C1)C23. The third-order valence-electron chi connectivity index (χ3n) is 4.34. The number of hydrogen-bond donors (Lipinski definition) is 0. The second kappa shape index (κ2) is 2.73. The summed E-state index contributed by atoms with van der Waals surface area (Å²) >= 11 is 0. The molecule has 0 N–H and O–H groups in total. The van der Waals surface area contributed by atoms with E-state index in [0.717, 1.165) is 17.9 Å². The van der Waals surface area contributed by atoms with Gasteiger partial charge in [0.05, 0.1) is 0 Å². The summed E-state index contributed by atoms with van der Waals surface area (Å²) in [5, 5.41) is 0. The Hall–Kier alpha value is -0.0400. The summed E-state index contributed by atoms with van der Waals surface area (Å²) in [5.41, 5.74) is 0. The normalized spacial score (nSPS) is 47.5. The lowest BCUT2D eigenvalue weighted by Gasteiger charge is -2.44. The largest absolute Gasteiger partial charge is 0.300 e. The van der Waals surface area contributed by atoms with Crippen molar-refractivity contribution in [2.24, 2.45) is 11.8 Å². The highest BCUT2D eigenvalue weighted by Gasteiger charge is 2.43. The van der Waals surface area contributed by atoms with Crippen LogP contribution in [0.4, 0.5) is 0 Å². The van der Waals surface area contributed by atoms with Gasteiger partial charge in [0, 0.05) is 6.04 Å². The molecular weight excluding hydrogens is 146 g/mol. The van der Waals surface area contributed by atoms with Gasteiger partial charge in [-0.2, -0.15) is 0 Å². The first kappa shape index (κ1) is 7.37. The topological polar surface area (TPSA) is 3.24 Å². The van der Waals surface area contributed by atoms with Gasteiger partial charge in [0.25, 0.3) is 0 Å². The fraction of sp³-hybridized carbons (Fsp3) is 1.00. The maximum atomic E-state index is 2.80. The maximum absolute atomic E-state index is 2.80. The summed E-state index contributed by atoms with van der Waals surface area (Å²) < 4.78 is 0. The van der Waals surface area contributed by atoms with Crippen molar-refractivity contribution in [3.63, 3.8) is 0 Å². The summed E-state index contributed by atoms with van der Waals surface area (Å²) in [6.45, 7) is 2.83. The molecule has 2 unspecified atom stereocenters. The highest BCUT2D eigenvalue weighted by molar-refractivity contribution is 4.96. The van der Waals surface area contributed by atoms with Gasteiger partial charge in [-0.1, -0.05) is 0 Å². The Bertz CT molecular complexity index is 160. The van der Waals surface area contributed by atoms with Crippen molar-refractivity contribution < 1.29 is 0 Å². The van der Waals surface area contributed by atoms with E-state index in [1.807, 2.05) is 0 Å². The molecule has 2 heterocycles. The quantitative estimate of drug-likeness (QED) is 0.532. The molecular formula is C11H19N. The van der Waals surface area contributed by atoms with Crippen LogP contribution in [0.15, 0.2) is 0 Å². The molecule has 1 nitrogen and oxygen atoms in total. The lowest BCUT2D eigenvalue weighted by Crippen LogP contribution is -2.49. The van der Waals surface area contributed by atoms with Gasteiger partial charge < -0.3 is 0 Å². The van der Waals surface area contributed by atoms with Crippen LogP contribution in [0.1, 0.15) is 38.5 Å². The average molecular weight is 165 g/mol. The van der Waals surface area contributed by atoms with Crippen LogP contribution in [0.3, 0.4) is 0 Å². The van der Waals surface area contributed by atoms with Crippen LogP contribution in [0.25, 0.3) is 0 Å². The zero-order chi connectivity index (χ0) is 7.97. The summed E-state index contributed by atoms with van der Waals surface area (Å²) in [6, 6.07) is 1.03. The van der Waals surface area contributed by atoms with E-state index in [-0.39, 0.29) is 0 Å². The van der Waals surface area contributed by atoms with E-state index >= 15 is 0 Å². The van der Waals surface area contributed by atoms with E-state index < -0.39 is 0 Å². The first-order valence-corrected chi connectivity index (χ1v) is 5.69. The predicted molar refractivity (Wildman–Crippen MR) is 50.0 cm³/mol. The lowest BCUT2D eigenvalue weighted by molar-refractivity contribution is 0.0521. The molecule has 0 amide bonds. The Morgan fingerprint density at radius 3 is 1.92 bits per heavy atom. The van der Waals surface area contributed by atoms with E-state index in [1.165, 1.54) is 38.8 Å². The third-order valence-corrected chi connectivity index (χ3v) is 4.34. The van der Waals surface area contributed by atoms with Crippen LogP contribution in [0.5, 0.6) is 0 Å². The molecule has 0 radical (unpaired) electrons. The number of piperidine rings is 2. The minimum atomic E-state index is 1.03. The molecule has 0 bridgehead atoms. The van der Waals surface area contributed by atoms with E-state index in [9.17, 15) is 0 Å². The van der Waals surface area contributed by atoms with Gasteiger partial charge in [-0.05, 0) is 63.5 Å². The van der Waals surface area contributed by atoms with Crippen LogP contribution in [0.2, 0.25) is 0 Å². The van der Waals surface area contributed by atoms with Crippen molar-refractivity contribution in [3.8, 4) is 0 Å². The summed E-state index contributed by atoms with van der Waals surface area (Å²) in [5.74, 6) is 2.20. The monoisotopic (exact) mass is 165 g/mol. The summed E-state index contributed by atoms with van der Waals surface area (Å²) in [7, 11) is 0. The van der Waals surface area contributed by atoms with E-state index in [2.05, 4.69) is 4.90 Å². The van der Waals surface area contributed by atoms with E-state index in [1.54, 1.807) is 12.8 Å². The molecule has 2 saturated heterocycles. The molecule has 0 aromatic rings. The highest BCUT2D eigenvalue weighted by atomic mass is 15.2. The molecule has 3 rings (SSSR count). The molecule has 1 saturated carbocycles. The Balaban J connectivity index is 1.84. The predicted octanol–water partition coefficient (Wildman–Crippen LogP) is 2.27. The molecule has 3 fully saturated rings. The third kappa shape index (κ3) is 0.953. The molecule has 0 aromatic carbocycles. The summed E-state index contributed by atoms with van der Waals surface area (Å²) in [4.78, 5) is 2.80. The molecule has 1 aliphatic carbocycles. The van der Waals surface area contributed by atoms with Crippen LogP contribution >= 0.6 is 0 Å². The van der Waals surface area contributed by atoms with Crippen molar-refractivity contribution in [2.45, 2.75) is 44.6 Å². The zero-order valence-electron chi connectivity index (χ0n) is 7.84. The second-order valence-electron chi connectivity index (χ2n) is 4.91. The van der Waals surface area contributed by atoms with Gasteiger partial charge in [-0.15, -0.1) is 0 Å². The van der Waals surface area contributed by atoms with Crippen LogP contribution in [-0.4, -0.2) is 24.0 Å². The molecule has 68 valence electrons. The number of nitrogens with zero attached hydrogens (tertiary/aromatic N) is 1. The smallest absolute Gasteiger partial charge is 0.0152 e. The molecule has 12 heavy (non-hydrogen) atoms. The molecule has 1 heteroatoms. The molecule has 2 atom stereocenters. The second-order valence-corrected chi connectivity index (χ2v) is 4.91. The van der Waals surface area contributed by atoms with Crippen LogP contribution in [-0.2, 0) is 0 Å². The first-order valence-electron chi connectivity index (χ1n) is 5.69. The van der Waals surface area contributed by atoms with Crippen molar-refractivity contribution in [1.82, 2.24) is 4.90 Å². The Kier molecular flexibility index (Phi) is 1.68. The van der Waals surface area contributed by atoms with Gasteiger partial charge in [0.15, 0.2) is 0 Å². The van der Waals surface area contributed by atoms with Gasteiger partial charge in [-0.3, -0.25) is 4.90 Å². The van der Waals surface area contributed by atoms with Gasteiger partial charge in [0.2, 0.25) is 0 Å². The molecule has 3 aliphatic rings. The molecule has 2 aliphatic heterocycles. The minimum Gasteiger partial charge on any atom is -0.300 e. The van der Waals surface area contributed by atoms with E-state index in [4.69, 9.17) is 0 Å². The Morgan fingerprint density at radius 1 is 0.750 bits per heavy atom. The van der Waals surface area contributed by atoms with Crippen molar-refractivity contribution in [3.05, 3.63) is 0 Å². The maximum Gasteiger partial charge on any atom is 0.0152 e. The van der Waals surface area contributed by atoms with Crippen molar-refractivity contribution in [2.75, 3.05) is 13.1 Å². The lowest BCUT2D eigenvalue weighted by atomic mass is 9.83. The van der Waals surface area contributed by atoms with Crippen molar-refractivity contribution >= 4 is 0 Å². The highest BCUT2D eigenvalue weighted by Crippen LogP contribution is 2.44. The molecule has 0 aromatic heterocycles. The van der Waals surface area contributed by atoms with Crippen LogP contribution in [0, 0.1) is 11.8 Å². The summed E-state index contributed by atoms with van der Waals surface area (Å²) in [6.07, 6.45) is 9.13. The number of hydrogen-bond acceptors (Lipinski definition) is 1. The number of rotatable bonds is 0. The Morgan fingerprint density at radius 2 is 1.33 bits per heavy atom. The minimum absolute atomic E-state index is 1.03. The standard InChI is InChI=1S/C11H19N/c1-3-9-5-6-10-4-2-8-12(7-1)11(9)10/h9-11H,1-8H2.